The van der Waals surface area contributed by atoms with Gasteiger partial charge in [-0.25, -0.2) is 13.6 Å². The molecule has 1 aliphatic rings. The maximum absolute atomic E-state index is 13.2. The van der Waals surface area contributed by atoms with Crippen molar-refractivity contribution in [3.05, 3.63) is 94.5 Å². The Morgan fingerprint density at radius 1 is 1.06 bits per heavy atom. The number of nitrogens with zero attached hydrogens (tertiary/aromatic N) is 1. The fourth-order valence-electron chi connectivity index (χ4n) is 3.92. The third-order valence-electron chi connectivity index (χ3n) is 5.51. The lowest BCUT2D eigenvalue weighted by Gasteiger charge is -2.25. The number of nitrogens with two attached hydrogens (primary N) is 1. The fraction of sp³-hybridized carbons (Fsp3) is 0.120. The molecule has 1 amide bonds. The summed E-state index contributed by atoms with van der Waals surface area (Å²) < 4.78 is 28.8. The molecule has 3 N–H and O–H groups in total. The molecule has 4 rings (SSSR count). The van der Waals surface area contributed by atoms with E-state index >= 15 is 0 Å². The highest BCUT2D eigenvalue weighted by Crippen LogP contribution is 2.42. The maximum atomic E-state index is 13.2. The molecule has 3 aromatic rings. The number of benzene rings is 3. The average Bonchev–Trinajstić information content (AvgIpc) is 3.10. The van der Waals surface area contributed by atoms with Gasteiger partial charge in [-0.1, -0.05) is 41.9 Å². The van der Waals surface area contributed by atoms with E-state index < -0.39 is 33.5 Å². The molecule has 1 fully saturated rings. The first-order valence-corrected chi connectivity index (χ1v) is 12.5. The number of ketones is 1. The largest absolute Gasteiger partial charge is 0.507 e. The number of ether oxygens (including phenoxy) is 1. The van der Waals surface area contributed by atoms with Gasteiger partial charge in [0.1, 0.15) is 11.5 Å². The van der Waals surface area contributed by atoms with Crippen molar-refractivity contribution in [2.45, 2.75) is 17.9 Å². The van der Waals surface area contributed by atoms with E-state index in [1.807, 2.05) is 0 Å². The number of hydrogen-bond acceptors (Lipinski definition) is 6. The van der Waals surface area contributed by atoms with Crippen molar-refractivity contribution in [3.8, 4) is 5.75 Å². The number of amides is 1. The monoisotopic (exact) mass is 512 g/mol. The molecule has 0 aliphatic carbocycles. The molecule has 1 aliphatic heterocycles. The minimum Gasteiger partial charge on any atom is -0.507 e. The SMILES string of the molecule is CCOc1cc(/C(O)=C2\C(=O)C(=O)N(c3ccc(S(N)(=O)=O)cc3)C2c2ccccc2)ccc1Cl. The van der Waals surface area contributed by atoms with Crippen LogP contribution in [0.25, 0.3) is 5.76 Å². The number of Topliss-reactive ketones (excluding diaryl/α,β-unsaturated/α-hetero) is 1. The van der Waals surface area contributed by atoms with Crippen LogP contribution in [0.3, 0.4) is 0 Å². The van der Waals surface area contributed by atoms with E-state index in [9.17, 15) is 23.1 Å². The first kappa shape index (κ1) is 24.5. The average molecular weight is 513 g/mol. The van der Waals surface area contributed by atoms with Crippen molar-refractivity contribution in [2.24, 2.45) is 5.14 Å². The third kappa shape index (κ3) is 4.66. The molecular weight excluding hydrogens is 492 g/mol. The van der Waals surface area contributed by atoms with E-state index in [0.717, 1.165) is 0 Å². The Hall–Kier alpha value is -3.66. The molecule has 1 heterocycles. The standard InChI is InChI=1S/C25H21ClN2O6S/c1-2-34-20-14-16(8-13-19(20)26)23(29)21-22(15-6-4-3-5-7-15)28(25(31)24(21)30)17-9-11-18(12-10-17)35(27,32)33/h3-14,22,29H,2H2,1H3,(H2,27,32,33)/b23-21+. The first-order valence-electron chi connectivity index (χ1n) is 10.5. The number of anilines is 1. The summed E-state index contributed by atoms with van der Waals surface area (Å²) in [6, 6.07) is 17.6. The number of rotatable bonds is 6. The second-order valence-electron chi connectivity index (χ2n) is 7.70. The van der Waals surface area contributed by atoms with E-state index in [4.69, 9.17) is 21.5 Å². The normalized spacial score (nSPS) is 17.6. The van der Waals surface area contributed by atoms with E-state index in [0.29, 0.717) is 22.9 Å². The predicted octanol–water partition coefficient (Wildman–Crippen LogP) is 4.01. The van der Waals surface area contributed by atoms with Crippen LogP contribution in [0.5, 0.6) is 5.75 Å². The summed E-state index contributed by atoms with van der Waals surface area (Å²) in [5.41, 5.74) is 0.962. The highest BCUT2D eigenvalue weighted by Gasteiger charge is 2.47. The molecule has 0 aromatic heterocycles. The summed E-state index contributed by atoms with van der Waals surface area (Å²) >= 11 is 6.16. The van der Waals surface area contributed by atoms with Crippen molar-refractivity contribution >= 4 is 44.8 Å². The zero-order chi connectivity index (χ0) is 25.3. The molecule has 1 atom stereocenters. The fourth-order valence-corrected chi connectivity index (χ4v) is 4.61. The van der Waals surface area contributed by atoms with Crippen LogP contribution in [-0.2, 0) is 19.6 Å². The number of aliphatic hydroxyl groups excluding tert-OH is 1. The lowest BCUT2D eigenvalue weighted by Crippen LogP contribution is -2.29. The Morgan fingerprint density at radius 3 is 2.31 bits per heavy atom. The molecule has 10 heteroatoms. The Bertz CT molecular complexity index is 1440. The van der Waals surface area contributed by atoms with Gasteiger partial charge in [0, 0.05) is 11.3 Å². The Balaban J connectivity index is 1.90. The van der Waals surface area contributed by atoms with Crippen LogP contribution in [0.1, 0.15) is 24.1 Å². The topological polar surface area (TPSA) is 127 Å². The molecule has 1 unspecified atom stereocenters. The van der Waals surface area contributed by atoms with Crippen LogP contribution >= 0.6 is 11.6 Å². The summed E-state index contributed by atoms with van der Waals surface area (Å²) in [4.78, 5) is 27.5. The number of sulfonamides is 1. The second kappa shape index (κ2) is 9.53. The quantitative estimate of drug-likeness (QED) is 0.292. The van der Waals surface area contributed by atoms with Gasteiger partial charge in [0.15, 0.2) is 0 Å². The lowest BCUT2D eigenvalue weighted by molar-refractivity contribution is -0.132. The van der Waals surface area contributed by atoms with Gasteiger partial charge in [0.2, 0.25) is 10.0 Å². The summed E-state index contributed by atoms with van der Waals surface area (Å²) in [7, 11) is -3.95. The van der Waals surface area contributed by atoms with Crippen LogP contribution in [0.2, 0.25) is 5.02 Å². The Morgan fingerprint density at radius 2 is 1.71 bits per heavy atom. The van der Waals surface area contributed by atoms with Crippen LogP contribution in [0.15, 0.2) is 83.3 Å². The number of halogens is 1. The molecular formula is C25H21ClN2O6S. The van der Waals surface area contributed by atoms with Crippen LogP contribution in [0.4, 0.5) is 5.69 Å². The molecule has 0 saturated carbocycles. The minimum atomic E-state index is -3.95. The molecule has 8 nitrogen and oxygen atoms in total. The van der Waals surface area contributed by atoms with Crippen molar-refractivity contribution < 1.29 is 27.9 Å². The molecule has 1 saturated heterocycles. The highest BCUT2D eigenvalue weighted by molar-refractivity contribution is 7.89. The number of carbonyl (C=O) groups is 2. The van der Waals surface area contributed by atoms with Crippen molar-refractivity contribution in [3.63, 3.8) is 0 Å². The van der Waals surface area contributed by atoms with E-state index in [1.165, 1.54) is 47.4 Å². The van der Waals surface area contributed by atoms with Gasteiger partial charge in [0.05, 0.1) is 28.1 Å². The van der Waals surface area contributed by atoms with Gasteiger partial charge < -0.3 is 9.84 Å². The van der Waals surface area contributed by atoms with Crippen molar-refractivity contribution in [1.82, 2.24) is 0 Å². The van der Waals surface area contributed by atoms with Crippen LogP contribution in [0, 0.1) is 0 Å². The summed E-state index contributed by atoms with van der Waals surface area (Å²) in [5, 5.41) is 16.7. The van der Waals surface area contributed by atoms with Gasteiger partial charge >= 0.3 is 0 Å². The molecule has 35 heavy (non-hydrogen) atoms. The Labute approximate surface area is 207 Å². The third-order valence-corrected chi connectivity index (χ3v) is 6.75. The molecule has 3 aromatic carbocycles. The van der Waals surface area contributed by atoms with Gasteiger partial charge in [-0.15, -0.1) is 0 Å². The van der Waals surface area contributed by atoms with Crippen molar-refractivity contribution in [1.29, 1.82) is 0 Å². The van der Waals surface area contributed by atoms with Gasteiger partial charge in [-0.05, 0) is 55.0 Å². The van der Waals surface area contributed by atoms with E-state index in [-0.39, 0.29) is 21.7 Å². The highest BCUT2D eigenvalue weighted by atomic mass is 35.5. The lowest BCUT2D eigenvalue weighted by atomic mass is 9.95. The second-order valence-corrected chi connectivity index (χ2v) is 9.67. The van der Waals surface area contributed by atoms with Gasteiger partial charge in [0.25, 0.3) is 11.7 Å². The molecule has 0 bridgehead atoms. The van der Waals surface area contributed by atoms with E-state index in [1.54, 1.807) is 37.3 Å². The zero-order valence-electron chi connectivity index (χ0n) is 18.5. The number of aliphatic hydroxyl groups is 1. The maximum Gasteiger partial charge on any atom is 0.300 e. The number of carbonyl (C=O) groups excluding carboxylic acids is 2. The predicted molar refractivity (Wildman–Crippen MR) is 132 cm³/mol. The molecule has 0 spiro atoms. The minimum absolute atomic E-state index is 0.124. The van der Waals surface area contributed by atoms with Crippen LogP contribution in [-0.4, -0.2) is 31.8 Å². The molecule has 0 radical (unpaired) electrons. The summed E-state index contributed by atoms with van der Waals surface area (Å²) in [5.74, 6) is -1.83. The number of hydrogen-bond donors (Lipinski definition) is 2. The van der Waals surface area contributed by atoms with Crippen molar-refractivity contribution in [2.75, 3.05) is 11.5 Å². The van der Waals surface area contributed by atoms with Gasteiger partial charge in [-0.2, -0.15) is 0 Å². The Kier molecular flexibility index (Phi) is 6.66. The summed E-state index contributed by atoms with van der Waals surface area (Å²) in [6.07, 6.45) is 0. The zero-order valence-corrected chi connectivity index (χ0v) is 20.1. The van der Waals surface area contributed by atoms with Crippen LogP contribution < -0.4 is 14.8 Å². The van der Waals surface area contributed by atoms with Gasteiger partial charge in [-0.3, -0.25) is 14.5 Å². The summed E-state index contributed by atoms with van der Waals surface area (Å²) in [6.45, 7) is 2.12. The van der Waals surface area contributed by atoms with E-state index in [2.05, 4.69) is 0 Å². The molecule has 180 valence electrons. The first-order chi connectivity index (χ1) is 16.6. The smallest absolute Gasteiger partial charge is 0.300 e. The number of primary sulfonamides is 1.